The second-order valence-corrected chi connectivity index (χ2v) is 12.8. The number of benzene rings is 8. The second-order valence-electron chi connectivity index (χ2n) is 11.8. The van der Waals surface area contributed by atoms with Crippen LogP contribution < -0.4 is 0 Å². The van der Waals surface area contributed by atoms with Crippen molar-refractivity contribution in [1.29, 1.82) is 0 Å². The molecule has 9 aromatic rings. The van der Waals surface area contributed by atoms with E-state index in [-0.39, 0.29) is 0 Å². The van der Waals surface area contributed by atoms with E-state index in [9.17, 15) is 0 Å². The molecule has 8 aromatic carbocycles. The molecule has 0 radical (unpaired) electrons. The molecule has 0 N–H and O–H groups in total. The van der Waals surface area contributed by atoms with Crippen LogP contribution in [-0.4, -0.2) is 4.98 Å². The maximum Gasteiger partial charge on any atom is 0.0968 e. The van der Waals surface area contributed by atoms with Crippen molar-refractivity contribution in [1.82, 2.24) is 4.98 Å². The van der Waals surface area contributed by atoms with Crippen molar-refractivity contribution >= 4 is 51.3 Å². The molecular weight excluding hydrogens is 573 g/mol. The number of hydrogen-bond acceptors (Lipinski definition) is 1. The summed E-state index contributed by atoms with van der Waals surface area (Å²) in [5.41, 5.74) is 9.53. The normalized spacial score (nSPS) is 11.7. The van der Waals surface area contributed by atoms with E-state index in [1.165, 1.54) is 70.9 Å². The van der Waals surface area contributed by atoms with Gasteiger partial charge in [-0.3, -0.25) is 4.98 Å². The van der Waals surface area contributed by atoms with Gasteiger partial charge in [0.05, 0.1) is 5.43 Å². The van der Waals surface area contributed by atoms with Crippen LogP contribution in [0.25, 0.3) is 87.5 Å². The molecule has 214 valence electrons. The molecule has 0 spiro atoms. The number of nitrogens with zero attached hydrogens (tertiary/aromatic N) is 1. The van der Waals surface area contributed by atoms with E-state index in [2.05, 4.69) is 164 Å². The highest BCUT2D eigenvalue weighted by Crippen LogP contribution is 2.38. The predicted octanol–water partition coefficient (Wildman–Crippen LogP) is 12.9. The Kier molecular flexibility index (Phi) is 6.44. The molecule has 2 heteroatoms. The SMILES string of the molecule is c1ccc2c(c1)cc(-c1ccc(-c3cnc(-c4ccc(-c5cc6ccccc6c6ccccc56)cc4)pc3)cc1)c1ccccc12. The first-order valence-corrected chi connectivity index (χ1v) is 16.6. The lowest BCUT2D eigenvalue weighted by molar-refractivity contribution is 1.38. The van der Waals surface area contributed by atoms with Crippen LogP contribution in [0.4, 0.5) is 0 Å². The highest BCUT2D eigenvalue weighted by Gasteiger charge is 2.11. The maximum atomic E-state index is 4.92. The van der Waals surface area contributed by atoms with Crippen LogP contribution in [0, 0.1) is 0 Å². The van der Waals surface area contributed by atoms with Gasteiger partial charge in [-0.25, -0.2) is 0 Å². The smallest absolute Gasteiger partial charge is 0.0968 e. The molecule has 0 aliphatic rings. The fourth-order valence-electron chi connectivity index (χ4n) is 6.85. The zero-order valence-corrected chi connectivity index (χ0v) is 26.0. The topological polar surface area (TPSA) is 12.9 Å². The minimum absolute atomic E-state index is 1.07. The Morgan fingerprint density at radius 2 is 0.761 bits per heavy atom. The van der Waals surface area contributed by atoms with Crippen molar-refractivity contribution in [3.63, 3.8) is 0 Å². The van der Waals surface area contributed by atoms with Crippen molar-refractivity contribution < 1.29 is 0 Å². The first-order chi connectivity index (χ1) is 22.8. The van der Waals surface area contributed by atoms with E-state index in [0.29, 0.717) is 0 Å². The molecule has 0 atom stereocenters. The van der Waals surface area contributed by atoms with Gasteiger partial charge in [0.15, 0.2) is 0 Å². The van der Waals surface area contributed by atoms with Gasteiger partial charge in [0, 0.05) is 17.3 Å². The van der Waals surface area contributed by atoms with E-state index < -0.39 is 0 Å². The zero-order valence-electron chi connectivity index (χ0n) is 25.1. The molecule has 1 heterocycles. The highest BCUT2D eigenvalue weighted by atomic mass is 31.0. The lowest BCUT2D eigenvalue weighted by Gasteiger charge is -2.12. The molecular formula is C44H28NP. The molecule has 0 saturated carbocycles. The number of aromatic nitrogens is 1. The van der Waals surface area contributed by atoms with E-state index in [4.69, 9.17) is 4.98 Å². The molecule has 0 amide bonds. The molecule has 0 aliphatic heterocycles. The monoisotopic (exact) mass is 601 g/mol. The summed E-state index contributed by atoms with van der Waals surface area (Å²) < 4.78 is 0. The van der Waals surface area contributed by atoms with Crippen LogP contribution in [0.3, 0.4) is 0 Å². The molecule has 0 unspecified atom stereocenters. The van der Waals surface area contributed by atoms with Gasteiger partial charge >= 0.3 is 0 Å². The number of rotatable bonds is 4. The van der Waals surface area contributed by atoms with E-state index in [1.54, 1.807) is 0 Å². The van der Waals surface area contributed by atoms with Gasteiger partial charge in [0.1, 0.15) is 0 Å². The Balaban J connectivity index is 1.01. The van der Waals surface area contributed by atoms with Gasteiger partial charge in [-0.2, -0.15) is 0 Å². The molecule has 0 bridgehead atoms. The summed E-state index contributed by atoms with van der Waals surface area (Å²) in [4.78, 5) is 4.92. The van der Waals surface area contributed by atoms with Gasteiger partial charge in [-0.05, 0) is 97.0 Å². The predicted molar refractivity (Wildman–Crippen MR) is 199 cm³/mol. The Labute approximate surface area is 269 Å². The van der Waals surface area contributed by atoms with E-state index in [0.717, 1.165) is 24.7 Å². The lowest BCUT2D eigenvalue weighted by Crippen LogP contribution is -1.86. The molecule has 1 nitrogen and oxygen atoms in total. The lowest BCUT2D eigenvalue weighted by atomic mass is 9.92. The Bertz CT molecular complexity index is 2370. The first kappa shape index (κ1) is 26.8. The third-order valence-electron chi connectivity index (χ3n) is 9.17. The molecule has 0 aliphatic carbocycles. The van der Waals surface area contributed by atoms with E-state index >= 15 is 0 Å². The van der Waals surface area contributed by atoms with Crippen molar-refractivity contribution in [3.8, 4) is 44.4 Å². The summed E-state index contributed by atoms with van der Waals surface area (Å²) >= 11 is 0. The third-order valence-corrected chi connectivity index (χ3v) is 10.2. The summed E-state index contributed by atoms with van der Waals surface area (Å²) in [5, 5.41) is 10.3. The molecule has 9 rings (SSSR count). The fraction of sp³-hybridized carbons (Fsp3) is 0. The van der Waals surface area contributed by atoms with Crippen LogP contribution in [-0.2, 0) is 0 Å². The Morgan fingerprint density at radius 1 is 0.348 bits per heavy atom. The minimum Gasteiger partial charge on any atom is -0.251 e. The van der Waals surface area contributed by atoms with Gasteiger partial charge in [0.2, 0.25) is 0 Å². The molecule has 46 heavy (non-hydrogen) atoms. The number of fused-ring (bicyclic) bond motifs is 6. The van der Waals surface area contributed by atoms with Crippen LogP contribution >= 0.6 is 8.19 Å². The molecule has 1 aromatic heterocycles. The fourth-order valence-corrected chi connectivity index (χ4v) is 7.75. The standard InChI is InChI=1S/C44H28NP/c1-3-11-36-33(9-1)25-42(40-15-7-5-13-38(36)40)30-19-17-29(18-20-30)35-27-45-44(46-28-35)32-23-21-31(22-24-32)43-26-34-10-2-4-12-37(34)39-14-6-8-16-41(39)43/h1-28H. The third kappa shape index (κ3) is 4.57. The van der Waals surface area contributed by atoms with Gasteiger partial charge in [-0.1, -0.05) is 146 Å². The summed E-state index contributed by atoms with van der Waals surface area (Å²) in [5.74, 6) is 2.27. The quantitative estimate of drug-likeness (QED) is 0.183. The maximum absolute atomic E-state index is 4.92. The van der Waals surface area contributed by atoms with Crippen LogP contribution in [0.1, 0.15) is 0 Å². The largest absolute Gasteiger partial charge is 0.251 e. The van der Waals surface area contributed by atoms with Crippen molar-refractivity contribution in [3.05, 3.63) is 170 Å². The summed E-state index contributed by atoms with van der Waals surface area (Å²) in [6, 6.07) is 57.2. The highest BCUT2D eigenvalue weighted by molar-refractivity contribution is 7.33. The number of hydrogen-bond donors (Lipinski definition) is 0. The summed E-state index contributed by atoms with van der Waals surface area (Å²) in [6.45, 7) is 0. The Morgan fingerprint density at radius 3 is 1.24 bits per heavy atom. The summed E-state index contributed by atoms with van der Waals surface area (Å²) in [7, 11) is 1.10. The van der Waals surface area contributed by atoms with Crippen LogP contribution in [0.15, 0.2) is 170 Å². The van der Waals surface area contributed by atoms with Gasteiger partial charge in [0.25, 0.3) is 0 Å². The average Bonchev–Trinajstić information content (AvgIpc) is 3.14. The second kappa shape index (κ2) is 11.1. The van der Waals surface area contributed by atoms with Crippen LogP contribution in [0.2, 0.25) is 0 Å². The van der Waals surface area contributed by atoms with Crippen molar-refractivity contribution in [2.24, 2.45) is 0 Å². The van der Waals surface area contributed by atoms with Crippen molar-refractivity contribution in [2.45, 2.75) is 0 Å². The molecule has 0 saturated heterocycles. The minimum atomic E-state index is 1.07. The summed E-state index contributed by atoms with van der Waals surface area (Å²) in [6.07, 6.45) is 2.01. The average molecular weight is 602 g/mol. The van der Waals surface area contributed by atoms with E-state index in [1.807, 2.05) is 6.20 Å². The zero-order chi connectivity index (χ0) is 30.5. The van der Waals surface area contributed by atoms with Crippen LogP contribution in [0.5, 0.6) is 0 Å². The Hall–Kier alpha value is -5.62. The van der Waals surface area contributed by atoms with Gasteiger partial charge in [-0.15, -0.1) is 0 Å². The molecule has 0 fully saturated rings. The van der Waals surface area contributed by atoms with Crippen molar-refractivity contribution in [2.75, 3.05) is 0 Å². The van der Waals surface area contributed by atoms with Gasteiger partial charge < -0.3 is 0 Å². The first-order valence-electron chi connectivity index (χ1n) is 15.6.